The minimum absolute atomic E-state index is 0.131. The highest BCUT2D eigenvalue weighted by Crippen LogP contribution is 2.08. The van der Waals surface area contributed by atoms with E-state index in [1.807, 2.05) is 19.2 Å². The van der Waals surface area contributed by atoms with Crippen molar-refractivity contribution in [3.05, 3.63) is 37.1 Å². The molecule has 2 N–H and O–H groups in total. The molecule has 1 aliphatic heterocycles. The second kappa shape index (κ2) is 16.5. The SMILES string of the molecule is C=CCN(C(=O)/C=C/C=C/N1CCNCC1)C(C)CCC(=O)NC=O.SS. The van der Waals surface area contributed by atoms with Crippen LogP contribution in [0, 0.1) is 0 Å². The van der Waals surface area contributed by atoms with Gasteiger partial charge in [-0.15, -0.1) is 29.9 Å². The van der Waals surface area contributed by atoms with Gasteiger partial charge in [-0.1, -0.05) is 12.2 Å². The summed E-state index contributed by atoms with van der Waals surface area (Å²) < 4.78 is 0. The van der Waals surface area contributed by atoms with Crippen molar-refractivity contribution in [3.8, 4) is 0 Å². The lowest BCUT2D eigenvalue weighted by Crippen LogP contribution is -2.40. The fourth-order valence-electron chi connectivity index (χ4n) is 2.50. The molecule has 27 heavy (non-hydrogen) atoms. The molecule has 7 nitrogen and oxygen atoms in total. The summed E-state index contributed by atoms with van der Waals surface area (Å²) in [6, 6.07) is -0.135. The number of amides is 3. The first-order chi connectivity index (χ1) is 13.1. The van der Waals surface area contributed by atoms with Gasteiger partial charge in [0.15, 0.2) is 0 Å². The summed E-state index contributed by atoms with van der Waals surface area (Å²) in [5.41, 5.74) is 0. The molecule has 0 bridgehead atoms. The quantitative estimate of drug-likeness (QED) is 0.108. The van der Waals surface area contributed by atoms with Gasteiger partial charge in [0.05, 0.1) is 0 Å². The van der Waals surface area contributed by atoms with Gasteiger partial charge in [0, 0.05) is 51.3 Å². The van der Waals surface area contributed by atoms with Crippen LogP contribution in [0.3, 0.4) is 0 Å². The van der Waals surface area contributed by atoms with Crippen molar-refractivity contribution in [2.24, 2.45) is 0 Å². The van der Waals surface area contributed by atoms with Gasteiger partial charge in [-0.25, -0.2) is 0 Å². The van der Waals surface area contributed by atoms with Gasteiger partial charge in [-0.3, -0.25) is 19.7 Å². The van der Waals surface area contributed by atoms with Gasteiger partial charge in [0.2, 0.25) is 18.2 Å². The molecule has 1 rings (SSSR count). The number of imide groups is 1. The number of nitrogens with one attached hydrogen (secondary N) is 2. The molecule has 152 valence electrons. The van der Waals surface area contributed by atoms with E-state index in [4.69, 9.17) is 0 Å². The Morgan fingerprint density at radius 3 is 2.56 bits per heavy atom. The molecule has 0 aromatic carbocycles. The molecule has 1 atom stereocenters. The van der Waals surface area contributed by atoms with E-state index in [0.717, 1.165) is 26.2 Å². The zero-order valence-corrected chi connectivity index (χ0v) is 17.5. The van der Waals surface area contributed by atoms with Crippen LogP contribution in [0.1, 0.15) is 19.8 Å². The molecule has 1 aliphatic rings. The van der Waals surface area contributed by atoms with Crippen LogP contribution in [0.15, 0.2) is 37.1 Å². The van der Waals surface area contributed by atoms with Crippen LogP contribution in [0.4, 0.5) is 0 Å². The Labute approximate surface area is 172 Å². The second-order valence-corrected chi connectivity index (χ2v) is 5.84. The zero-order chi connectivity index (χ0) is 20.5. The molecule has 1 heterocycles. The lowest BCUT2D eigenvalue weighted by atomic mass is 10.1. The van der Waals surface area contributed by atoms with Crippen LogP contribution in [-0.2, 0) is 14.4 Å². The maximum Gasteiger partial charge on any atom is 0.247 e. The average molecular weight is 415 g/mol. The Morgan fingerprint density at radius 1 is 1.30 bits per heavy atom. The minimum atomic E-state index is -0.345. The van der Waals surface area contributed by atoms with Crippen molar-refractivity contribution in [2.45, 2.75) is 25.8 Å². The molecule has 0 saturated carbocycles. The van der Waals surface area contributed by atoms with Crippen molar-refractivity contribution in [1.29, 1.82) is 0 Å². The number of allylic oxidation sites excluding steroid dienone is 2. The third kappa shape index (κ3) is 11.6. The van der Waals surface area contributed by atoms with E-state index < -0.39 is 0 Å². The maximum atomic E-state index is 12.4. The third-order valence-corrected chi connectivity index (χ3v) is 3.95. The maximum absolute atomic E-state index is 12.4. The van der Waals surface area contributed by atoms with Crippen LogP contribution in [0.5, 0.6) is 0 Å². The molecule has 0 aromatic rings. The molecule has 0 radical (unpaired) electrons. The molecular formula is C18H30N4O3S2. The average Bonchev–Trinajstić information content (AvgIpc) is 2.70. The third-order valence-electron chi connectivity index (χ3n) is 3.95. The fraction of sp³-hybridized carbons (Fsp3) is 0.500. The largest absolute Gasteiger partial charge is 0.375 e. The number of hydrogen-bond donors (Lipinski definition) is 4. The Balaban J connectivity index is 0.00000326. The molecule has 1 fully saturated rings. The normalized spacial score (nSPS) is 15.0. The van der Waals surface area contributed by atoms with E-state index in [9.17, 15) is 14.4 Å². The Kier molecular flexibility index (Phi) is 15.4. The monoisotopic (exact) mass is 414 g/mol. The van der Waals surface area contributed by atoms with Crippen molar-refractivity contribution < 1.29 is 14.4 Å². The van der Waals surface area contributed by atoms with E-state index >= 15 is 0 Å². The summed E-state index contributed by atoms with van der Waals surface area (Å²) >= 11 is 6.44. The van der Waals surface area contributed by atoms with Crippen LogP contribution in [-0.4, -0.2) is 66.8 Å². The highest BCUT2D eigenvalue weighted by Gasteiger charge is 2.17. The number of carbonyl (C=O) groups is 3. The first-order valence-corrected chi connectivity index (χ1v) is 10.3. The first-order valence-electron chi connectivity index (χ1n) is 8.72. The molecule has 1 unspecified atom stereocenters. The van der Waals surface area contributed by atoms with Crippen LogP contribution in [0.2, 0.25) is 0 Å². The van der Waals surface area contributed by atoms with Crippen molar-refractivity contribution in [3.63, 3.8) is 0 Å². The molecule has 1 saturated heterocycles. The van der Waals surface area contributed by atoms with Crippen LogP contribution < -0.4 is 10.6 Å². The van der Waals surface area contributed by atoms with E-state index in [1.54, 1.807) is 17.1 Å². The summed E-state index contributed by atoms with van der Waals surface area (Å²) in [7, 11) is 0. The number of nitrogens with zero attached hydrogens (tertiary/aromatic N) is 2. The highest BCUT2D eigenvalue weighted by atomic mass is 33.1. The van der Waals surface area contributed by atoms with Gasteiger partial charge in [0.1, 0.15) is 0 Å². The predicted octanol–water partition coefficient (Wildman–Crippen LogP) is 1.18. The number of piperazine rings is 1. The van der Waals surface area contributed by atoms with Crippen molar-refractivity contribution >= 4 is 41.5 Å². The minimum Gasteiger partial charge on any atom is -0.375 e. The summed E-state index contributed by atoms with van der Waals surface area (Å²) in [5.74, 6) is -0.476. The Hall–Kier alpha value is -1.71. The molecule has 0 aliphatic carbocycles. The lowest BCUT2D eigenvalue weighted by molar-refractivity contribution is -0.129. The predicted molar refractivity (Wildman–Crippen MR) is 116 cm³/mol. The van der Waals surface area contributed by atoms with E-state index in [2.05, 4.69) is 45.4 Å². The Bertz CT molecular complexity index is 521. The topological polar surface area (TPSA) is 81.8 Å². The molecule has 3 amide bonds. The molecule has 0 spiro atoms. The first kappa shape index (κ1) is 25.3. The van der Waals surface area contributed by atoms with Gasteiger partial charge in [0.25, 0.3) is 0 Å². The summed E-state index contributed by atoms with van der Waals surface area (Å²) in [5, 5.41) is 5.38. The van der Waals surface area contributed by atoms with Crippen LogP contribution >= 0.6 is 23.3 Å². The Morgan fingerprint density at radius 2 is 1.96 bits per heavy atom. The summed E-state index contributed by atoms with van der Waals surface area (Å²) in [6.45, 7) is 9.81. The van der Waals surface area contributed by atoms with E-state index in [0.29, 0.717) is 19.4 Å². The van der Waals surface area contributed by atoms with Gasteiger partial charge < -0.3 is 15.1 Å². The van der Waals surface area contributed by atoms with Gasteiger partial charge >= 0.3 is 0 Å². The second-order valence-electron chi connectivity index (χ2n) is 5.84. The summed E-state index contributed by atoms with van der Waals surface area (Å²) in [6.07, 6.45) is 9.78. The standard InChI is InChI=1S/C18H28N4O3.H2S2/c1-3-11-22(16(2)7-8-17(24)20-15-23)18(25)6-4-5-12-21-13-9-19-10-14-21;1-2/h3-6,12,15-16,19H,1,7-11,13-14H2,2H3,(H,20,23,24);1-2H/b6-4+,12-5+;. The zero-order valence-electron chi connectivity index (χ0n) is 15.7. The smallest absolute Gasteiger partial charge is 0.247 e. The fourth-order valence-corrected chi connectivity index (χ4v) is 2.50. The van der Waals surface area contributed by atoms with Gasteiger partial charge in [-0.2, -0.15) is 0 Å². The van der Waals surface area contributed by atoms with Crippen molar-refractivity contribution in [1.82, 2.24) is 20.4 Å². The molecular weight excluding hydrogens is 384 g/mol. The number of hydrogen-bond acceptors (Lipinski definition) is 7. The lowest BCUT2D eigenvalue weighted by Gasteiger charge is -2.27. The highest BCUT2D eigenvalue weighted by molar-refractivity contribution is 8.59. The van der Waals surface area contributed by atoms with E-state index in [1.165, 1.54) is 6.08 Å². The van der Waals surface area contributed by atoms with E-state index in [-0.39, 0.29) is 24.3 Å². The molecule has 0 aromatic heterocycles. The molecule has 9 heteroatoms. The van der Waals surface area contributed by atoms with Gasteiger partial charge in [-0.05, 0) is 25.6 Å². The number of thiol groups is 2. The van der Waals surface area contributed by atoms with Crippen molar-refractivity contribution in [2.75, 3.05) is 32.7 Å². The number of carbonyl (C=O) groups excluding carboxylic acids is 3. The van der Waals surface area contributed by atoms with Crippen LogP contribution in [0.25, 0.3) is 0 Å². The number of rotatable bonds is 10. The summed E-state index contributed by atoms with van der Waals surface area (Å²) in [4.78, 5) is 37.8.